The summed E-state index contributed by atoms with van der Waals surface area (Å²) in [5.41, 5.74) is 1.13. The highest BCUT2D eigenvalue weighted by molar-refractivity contribution is 5.44. The molecule has 1 aromatic heterocycles. The van der Waals surface area contributed by atoms with Crippen molar-refractivity contribution in [2.75, 3.05) is 31.2 Å². The summed E-state index contributed by atoms with van der Waals surface area (Å²) in [4.78, 5) is 10.5. The van der Waals surface area contributed by atoms with Crippen molar-refractivity contribution in [2.24, 2.45) is 0 Å². The molecule has 0 N–H and O–H groups in total. The van der Waals surface area contributed by atoms with Crippen molar-refractivity contribution in [1.82, 2.24) is 9.97 Å². The topological polar surface area (TPSA) is 38.2 Å². The normalized spacial score (nSPS) is 17.5. The number of nitrogens with zero attached hydrogens (tertiary/aromatic N) is 3. The maximum Gasteiger partial charge on any atom is 0.135 e. The Bertz CT molecular complexity index is 284. The maximum atomic E-state index is 5.28. The molecule has 0 radical (unpaired) electrons. The number of morpholine rings is 1. The van der Waals surface area contributed by atoms with E-state index in [2.05, 4.69) is 14.9 Å². The van der Waals surface area contributed by atoms with Gasteiger partial charge in [-0.2, -0.15) is 0 Å². The zero-order chi connectivity index (χ0) is 9.10. The minimum absolute atomic E-state index is 0.795. The molecule has 4 heteroatoms. The van der Waals surface area contributed by atoms with Crippen LogP contribution in [0.3, 0.4) is 0 Å². The van der Waals surface area contributed by atoms with Crippen LogP contribution < -0.4 is 4.90 Å². The average molecular weight is 179 g/mol. The van der Waals surface area contributed by atoms with Crippen molar-refractivity contribution in [3.63, 3.8) is 0 Å². The highest BCUT2D eigenvalue weighted by Crippen LogP contribution is 2.15. The smallest absolute Gasteiger partial charge is 0.135 e. The summed E-state index contributed by atoms with van der Waals surface area (Å²) in [6.07, 6.45) is 3.44. The highest BCUT2D eigenvalue weighted by Gasteiger charge is 2.13. The first-order chi connectivity index (χ1) is 6.38. The molecule has 0 bridgehead atoms. The molecule has 0 amide bonds. The van der Waals surface area contributed by atoms with Crippen LogP contribution in [0.2, 0.25) is 0 Å². The number of hydrogen-bond acceptors (Lipinski definition) is 4. The van der Waals surface area contributed by atoms with Crippen molar-refractivity contribution in [2.45, 2.75) is 6.92 Å². The largest absolute Gasteiger partial charge is 0.378 e. The second-order valence-corrected chi connectivity index (χ2v) is 3.13. The third-order valence-corrected chi connectivity index (χ3v) is 2.18. The lowest BCUT2D eigenvalue weighted by molar-refractivity contribution is 0.122. The minimum atomic E-state index is 0.795. The second-order valence-electron chi connectivity index (χ2n) is 3.13. The molecule has 0 saturated carbocycles. The van der Waals surface area contributed by atoms with Gasteiger partial charge in [0.25, 0.3) is 0 Å². The number of rotatable bonds is 1. The molecule has 2 heterocycles. The van der Waals surface area contributed by atoms with Gasteiger partial charge in [0, 0.05) is 24.8 Å². The van der Waals surface area contributed by atoms with Gasteiger partial charge >= 0.3 is 0 Å². The predicted octanol–water partition coefficient (Wildman–Crippen LogP) is 0.622. The lowest BCUT2D eigenvalue weighted by Crippen LogP contribution is -2.37. The van der Waals surface area contributed by atoms with Crippen molar-refractivity contribution in [1.29, 1.82) is 0 Å². The Balaban J connectivity index is 2.18. The minimum Gasteiger partial charge on any atom is -0.378 e. The van der Waals surface area contributed by atoms with Gasteiger partial charge in [-0.05, 0) is 6.92 Å². The van der Waals surface area contributed by atoms with Gasteiger partial charge in [0.1, 0.15) is 12.1 Å². The van der Waals surface area contributed by atoms with E-state index in [1.54, 1.807) is 6.33 Å². The van der Waals surface area contributed by atoms with E-state index in [-0.39, 0.29) is 0 Å². The molecule has 1 aliphatic heterocycles. The van der Waals surface area contributed by atoms with E-state index in [0.29, 0.717) is 0 Å². The molecule has 1 saturated heterocycles. The van der Waals surface area contributed by atoms with Gasteiger partial charge < -0.3 is 9.64 Å². The SMILES string of the molecule is Cc1cncnc1N1CCOCC1. The molecular weight excluding hydrogens is 166 g/mol. The molecule has 4 nitrogen and oxygen atoms in total. The number of aromatic nitrogens is 2. The van der Waals surface area contributed by atoms with Crippen LogP contribution in [0.25, 0.3) is 0 Å². The van der Waals surface area contributed by atoms with E-state index < -0.39 is 0 Å². The zero-order valence-corrected chi connectivity index (χ0v) is 7.73. The maximum absolute atomic E-state index is 5.28. The van der Waals surface area contributed by atoms with Crippen molar-refractivity contribution in [3.8, 4) is 0 Å². The first-order valence-corrected chi connectivity index (χ1v) is 4.47. The third kappa shape index (κ3) is 1.78. The Morgan fingerprint density at radius 2 is 2.15 bits per heavy atom. The summed E-state index contributed by atoms with van der Waals surface area (Å²) < 4.78 is 5.28. The van der Waals surface area contributed by atoms with E-state index in [0.717, 1.165) is 37.7 Å². The van der Waals surface area contributed by atoms with Gasteiger partial charge in [0.05, 0.1) is 13.2 Å². The van der Waals surface area contributed by atoms with Crippen LogP contribution in [0.15, 0.2) is 12.5 Å². The molecule has 1 aromatic rings. The monoisotopic (exact) mass is 179 g/mol. The number of hydrogen-bond donors (Lipinski definition) is 0. The van der Waals surface area contributed by atoms with Gasteiger partial charge in [-0.15, -0.1) is 0 Å². The molecule has 13 heavy (non-hydrogen) atoms. The lowest BCUT2D eigenvalue weighted by atomic mass is 10.3. The van der Waals surface area contributed by atoms with Crippen LogP contribution in [0.5, 0.6) is 0 Å². The number of ether oxygens (including phenoxy) is 1. The zero-order valence-electron chi connectivity index (χ0n) is 7.73. The lowest BCUT2D eigenvalue weighted by Gasteiger charge is -2.28. The van der Waals surface area contributed by atoms with E-state index in [1.165, 1.54) is 0 Å². The average Bonchev–Trinajstić information content (AvgIpc) is 2.20. The molecule has 0 atom stereocenters. The van der Waals surface area contributed by atoms with Gasteiger partial charge in [-0.3, -0.25) is 0 Å². The van der Waals surface area contributed by atoms with E-state index in [4.69, 9.17) is 4.74 Å². The molecule has 1 aliphatic rings. The summed E-state index contributed by atoms with van der Waals surface area (Å²) in [6, 6.07) is 0. The quantitative estimate of drug-likeness (QED) is 0.633. The molecule has 0 spiro atoms. The van der Waals surface area contributed by atoms with E-state index >= 15 is 0 Å². The third-order valence-electron chi connectivity index (χ3n) is 2.18. The Morgan fingerprint density at radius 1 is 1.38 bits per heavy atom. The molecular formula is C9H13N3O. The summed E-state index contributed by atoms with van der Waals surface area (Å²) in [6.45, 7) is 5.48. The van der Waals surface area contributed by atoms with Crippen molar-refractivity contribution < 1.29 is 4.74 Å². The van der Waals surface area contributed by atoms with E-state index in [9.17, 15) is 0 Å². The highest BCUT2D eigenvalue weighted by atomic mass is 16.5. The first-order valence-electron chi connectivity index (χ1n) is 4.47. The van der Waals surface area contributed by atoms with Gasteiger partial charge in [0.15, 0.2) is 0 Å². The number of anilines is 1. The van der Waals surface area contributed by atoms with Crippen LogP contribution in [-0.4, -0.2) is 36.3 Å². The summed E-state index contributed by atoms with van der Waals surface area (Å²) in [5, 5.41) is 0. The predicted molar refractivity (Wildman–Crippen MR) is 49.8 cm³/mol. The van der Waals surface area contributed by atoms with Gasteiger partial charge in [-0.1, -0.05) is 0 Å². The van der Waals surface area contributed by atoms with Crippen molar-refractivity contribution >= 4 is 5.82 Å². The second kappa shape index (κ2) is 3.70. The molecule has 1 fully saturated rings. The van der Waals surface area contributed by atoms with Crippen LogP contribution in [0, 0.1) is 6.92 Å². The first kappa shape index (κ1) is 8.44. The fourth-order valence-corrected chi connectivity index (χ4v) is 1.50. The molecule has 70 valence electrons. The Morgan fingerprint density at radius 3 is 2.85 bits per heavy atom. The summed E-state index contributed by atoms with van der Waals surface area (Å²) >= 11 is 0. The van der Waals surface area contributed by atoms with Gasteiger partial charge in [0.2, 0.25) is 0 Å². The van der Waals surface area contributed by atoms with Crippen LogP contribution in [0.4, 0.5) is 5.82 Å². The van der Waals surface area contributed by atoms with Crippen LogP contribution >= 0.6 is 0 Å². The standard InChI is InChI=1S/C9H13N3O/c1-8-6-10-7-11-9(8)12-2-4-13-5-3-12/h6-7H,2-5H2,1H3. The van der Waals surface area contributed by atoms with E-state index in [1.807, 2.05) is 13.1 Å². The summed E-state index contributed by atoms with van der Waals surface area (Å²) in [7, 11) is 0. The van der Waals surface area contributed by atoms with Crippen LogP contribution in [-0.2, 0) is 4.74 Å². The molecule has 0 aromatic carbocycles. The number of aryl methyl sites for hydroxylation is 1. The molecule has 0 aliphatic carbocycles. The Hall–Kier alpha value is -1.16. The van der Waals surface area contributed by atoms with Crippen LogP contribution in [0.1, 0.15) is 5.56 Å². The Kier molecular flexibility index (Phi) is 2.40. The molecule has 2 rings (SSSR count). The Labute approximate surface area is 77.6 Å². The fraction of sp³-hybridized carbons (Fsp3) is 0.556. The fourth-order valence-electron chi connectivity index (χ4n) is 1.50. The summed E-state index contributed by atoms with van der Waals surface area (Å²) in [5.74, 6) is 1.04. The van der Waals surface area contributed by atoms with Gasteiger partial charge in [-0.25, -0.2) is 9.97 Å². The molecule has 0 unspecified atom stereocenters. The van der Waals surface area contributed by atoms with Crippen molar-refractivity contribution in [3.05, 3.63) is 18.1 Å².